The van der Waals surface area contributed by atoms with Crippen molar-refractivity contribution in [3.05, 3.63) is 10.1 Å². The quantitative estimate of drug-likeness (QED) is 0.433. The first-order valence-corrected chi connectivity index (χ1v) is 7.27. The Hall–Kier alpha value is 0.340. The summed E-state index contributed by atoms with van der Waals surface area (Å²) in [6, 6.07) is 0. The van der Waals surface area contributed by atoms with Gasteiger partial charge < -0.3 is 14.6 Å². The van der Waals surface area contributed by atoms with E-state index >= 15 is 0 Å². The highest BCUT2D eigenvalue weighted by Crippen LogP contribution is 2.40. The van der Waals surface area contributed by atoms with Crippen molar-refractivity contribution in [2.24, 2.45) is 0 Å². The normalized spacial score (nSPS) is 27.2. The van der Waals surface area contributed by atoms with Crippen LogP contribution in [0.4, 0.5) is 0 Å². The lowest BCUT2D eigenvalue weighted by atomic mass is 10.1. The van der Waals surface area contributed by atoms with Crippen molar-refractivity contribution in [1.29, 1.82) is 0 Å². The molecule has 16 heavy (non-hydrogen) atoms. The summed E-state index contributed by atoms with van der Waals surface area (Å²) in [6.07, 6.45) is 0.523. The van der Waals surface area contributed by atoms with Gasteiger partial charge in [-0.05, 0) is 22.4 Å². The molecule has 0 radical (unpaired) electrons. The van der Waals surface area contributed by atoms with Gasteiger partial charge in [0.15, 0.2) is 0 Å². The molecule has 1 aliphatic rings. The van der Waals surface area contributed by atoms with Crippen LogP contribution < -0.4 is 0 Å². The van der Waals surface area contributed by atoms with Crippen LogP contribution in [-0.2, 0) is 14.3 Å². The lowest BCUT2D eigenvalue weighted by Gasteiger charge is -2.24. The van der Waals surface area contributed by atoms with Gasteiger partial charge in [0.25, 0.3) is 5.79 Å². The minimum atomic E-state index is -1.07. The van der Waals surface area contributed by atoms with Crippen LogP contribution in [0.1, 0.15) is 19.8 Å². The second-order valence-corrected chi connectivity index (χ2v) is 5.07. The highest BCUT2D eigenvalue weighted by Gasteiger charge is 2.48. The summed E-state index contributed by atoms with van der Waals surface area (Å²) < 4.78 is 11.4. The van der Waals surface area contributed by atoms with Crippen molar-refractivity contribution in [3.8, 4) is 0 Å². The van der Waals surface area contributed by atoms with Gasteiger partial charge >= 0.3 is 5.97 Å². The average Bonchev–Trinajstić information content (AvgIpc) is 2.51. The number of halogens is 2. The predicted molar refractivity (Wildman–Crippen MR) is 71.6 cm³/mol. The number of esters is 1. The van der Waals surface area contributed by atoms with E-state index < -0.39 is 17.9 Å². The number of aliphatic hydroxyl groups is 1. The van der Waals surface area contributed by atoms with Crippen molar-refractivity contribution in [2.45, 2.75) is 31.7 Å². The van der Waals surface area contributed by atoms with E-state index in [-0.39, 0.29) is 5.57 Å². The Morgan fingerprint density at radius 2 is 2.31 bits per heavy atom. The number of ether oxygens (including phenoxy) is 2. The number of carbonyl (C=O) groups excluding carboxylic acids is 1. The molecule has 0 spiro atoms. The summed E-state index contributed by atoms with van der Waals surface area (Å²) >= 11 is 5.38. The first-order valence-electron chi connectivity index (χ1n) is 4.95. The third-order valence-corrected chi connectivity index (χ3v) is 4.48. The molecule has 1 heterocycles. The monoisotopic (exact) mass is 404 g/mol. The number of carbonyl (C=O) groups is 1. The Kier molecular flexibility index (Phi) is 5.21. The average molecular weight is 405 g/mol. The molecule has 0 aromatic rings. The van der Waals surface area contributed by atoms with Crippen molar-refractivity contribution < 1.29 is 19.4 Å². The molecule has 0 bridgehead atoms. The van der Waals surface area contributed by atoms with Gasteiger partial charge in [0.1, 0.15) is 0 Å². The van der Waals surface area contributed by atoms with Crippen LogP contribution in [0.5, 0.6) is 0 Å². The summed E-state index contributed by atoms with van der Waals surface area (Å²) in [5.41, 5.74) is 0.278. The smallest absolute Gasteiger partial charge is 0.340 e. The molecule has 92 valence electrons. The van der Waals surface area contributed by atoms with Gasteiger partial charge in [0.05, 0.1) is 20.6 Å². The summed E-state index contributed by atoms with van der Waals surface area (Å²) in [5.74, 6) is -1.58. The lowest BCUT2D eigenvalue weighted by molar-refractivity contribution is -0.180. The molecule has 0 amide bonds. The van der Waals surface area contributed by atoms with E-state index in [4.69, 9.17) is 9.47 Å². The van der Waals surface area contributed by atoms with E-state index in [2.05, 4.69) is 38.5 Å². The summed E-state index contributed by atoms with van der Waals surface area (Å²) in [7, 11) is 1.47. The Morgan fingerprint density at radius 3 is 2.69 bits per heavy atom. The molecule has 6 heteroatoms. The maximum Gasteiger partial charge on any atom is 0.340 e. The lowest BCUT2D eigenvalue weighted by Crippen LogP contribution is -2.34. The van der Waals surface area contributed by atoms with Crippen molar-refractivity contribution in [1.82, 2.24) is 0 Å². The molecule has 0 saturated carbocycles. The number of alkyl halides is 1. The third-order valence-electron chi connectivity index (χ3n) is 2.45. The van der Waals surface area contributed by atoms with Gasteiger partial charge in [-0.1, -0.05) is 35.9 Å². The molecule has 1 rings (SSSR count). The van der Waals surface area contributed by atoms with Crippen LogP contribution in [0, 0.1) is 0 Å². The second-order valence-electron chi connectivity index (χ2n) is 3.51. The zero-order chi connectivity index (χ0) is 12.3. The number of hydrogen-bond donors (Lipinski definition) is 1. The SMILES string of the molecule is CCC[C@@H](O)C1=C(Br)[C@@](CI)(OC)OC1=O. The molecular formula is C10H14BrIO4. The number of hydrogen-bond acceptors (Lipinski definition) is 4. The van der Waals surface area contributed by atoms with Crippen LogP contribution in [0.25, 0.3) is 0 Å². The summed E-state index contributed by atoms with van der Waals surface area (Å²) in [6.45, 7) is 1.94. The van der Waals surface area contributed by atoms with Gasteiger partial charge in [-0.25, -0.2) is 4.79 Å². The van der Waals surface area contributed by atoms with Crippen molar-refractivity contribution >= 4 is 44.5 Å². The molecule has 4 nitrogen and oxygen atoms in total. The van der Waals surface area contributed by atoms with Crippen molar-refractivity contribution in [2.75, 3.05) is 11.5 Å². The Bertz CT molecular complexity index is 312. The van der Waals surface area contributed by atoms with Crippen molar-refractivity contribution in [3.63, 3.8) is 0 Å². The molecule has 1 N–H and O–H groups in total. The standard InChI is InChI=1S/C10H14BrIO4/c1-3-4-6(13)7-8(11)10(5-12,15-2)16-9(7)14/h6,13H,3-5H2,1-2H3/t6-,10+/m1/s1. The molecule has 0 aliphatic carbocycles. The molecule has 0 unspecified atom stereocenters. The number of rotatable bonds is 5. The molecule has 1 aliphatic heterocycles. The minimum absolute atomic E-state index is 0.278. The Morgan fingerprint density at radius 1 is 1.69 bits per heavy atom. The van der Waals surface area contributed by atoms with Gasteiger partial charge in [-0.2, -0.15) is 0 Å². The maximum absolute atomic E-state index is 11.7. The highest BCUT2D eigenvalue weighted by atomic mass is 127. The number of aliphatic hydroxyl groups excluding tert-OH is 1. The van der Waals surface area contributed by atoms with Crippen LogP contribution in [0.3, 0.4) is 0 Å². The first kappa shape index (κ1) is 14.4. The number of methoxy groups -OCH3 is 1. The zero-order valence-corrected chi connectivity index (χ0v) is 12.9. The zero-order valence-electron chi connectivity index (χ0n) is 9.13. The van der Waals surface area contributed by atoms with Crippen LogP contribution in [0.15, 0.2) is 10.1 Å². The topological polar surface area (TPSA) is 55.8 Å². The van der Waals surface area contributed by atoms with E-state index in [1.165, 1.54) is 7.11 Å². The van der Waals surface area contributed by atoms with E-state index in [0.29, 0.717) is 15.3 Å². The van der Waals surface area contributed by atoms with E-state index in [0.717, 1.165) is 6.42 Å². The fraction of sp³-hybridized carbons (Fsp3) is 0.700. The molecule has 0 aromatic carbocycles. The molecule has 0 fully saturated rings. The molecule has 2 atom stereocenters. The third kappa shape index (κ3) is 2.44. The van der Waals surface area contributed by atoms with Gasteiger partial charge in [0, 0.05) is 7.11 Å². The fourth-order valence-electron chi connectivity index (χ4n) is 1.52. The Balaban J connectivity index is 3.05. The highest BCUT2D eigenvalue weighted by molar-refractivity contribution is 14.1. The largest absolute Gasteiger partial charge is 0.424 e. The minimum Gasteiger partial charge on any atom is -0.424 e. The summed E-state index contributed by atoms with van der Waals surface area (Å²) in [5, 5.41) is 9.87. The fourth-order valence-corrected chi connectivity index (χ4v) is 3.70. The molecular weight excluding hydrogens is 391 g/mol. The van der Waals surface area contributed by atoms with Crippen LogP contribution in [0.2, 0.25) is 0 Å². The molecule has 0 saturated heterocycles. The van der Waals surface area contributed by atoms with Gasteiger partial charge in [-0.15, -0.1) is 0 Å². The maximum atomic E-state index is 11.7. The number of cyclic esters (lactones) is 1. The second kappa shape index (κ2) is 5.79. The van der Waals surface area contributed by atoms with E-state index in [9.17, 15) is 9.90 Å². The van der Waals surface area contributed by atoms with Gasteiger partial charge in [-0.3, -0.25) is 0 Å². The van der Waals surface area contributed by atoms with Crippen LogP contribution in [-0.4, -0.2) is 34.5 Å². The summed E-state index contributed by atoms with van der Waals surface area (Å²) in [4.78, 5) is 11.7. The molecule has 0 aromatic heterocycles. The van der Waals surface area contributed by atoms with Crippen LogP contribution >= 0.6 is 38.5 Å². The first-order chi connectivity index (χ1) is 7.52. The predicted octanol–water partition coefficient (Wildman–Crippen LogP) is 2.13. The Labute approximate surface area is 117 Å². The van der Waals surface area contributed by atoms with E-state index in [1.54, 1.807) is 0 Å². The van der Waals surface area contributed by atoms with Gasteiger partial charge in [0.2, 0.25) is 0 Å². The van der Waals surface area contributed by atoms with E-state index in [1.807, 2.05) is 6.92 Å².